The summed E-state index contributed by atoms with van der Waals surface area (Å²) in [5, 5.41) is 8.98. The Balaban J connectivity index is 0.00000320. The van der Waals surface area contributed by atoms with Crippen molar-refractivity contribution in [1.29, 1.82) is 0 Å². The summed E-state index contributed by atoms with van der Waals surface area (Å²) in [6, 6.07) is 8.59. The fourth-order valence-electron chi connectivity index (χ4n) is 3.46. The number of aromatic nitrogens is 1. The van der Waals surface area contributed by atoms with Gasteiger partial charge in [-0.1, -0.05) is 32.9 Å². The van der Waals surface area contributed by atoms with Crippen LogP contribution in [0.4, 0.5) is 5.82 Å². The van der Waals surface area contributed by atoms with E-state index < -0.39 is 0 Å². The largest absolute Gasteiger partial charge is 0.356 e. The average molecular weight is 543 g/mol. The van der Waals surface area contributed by atoms with Gasteiger partial charge in [-0.3, -0.25) is 4.99 Å². The van der Waals surface area contributed by atoms with Crippen LogP contribution in [0.3, 0.4) is 0 Å². The third kappa shape index (κ3) is 6.81. The summed E-state index contributed by atoms with van der Waals surface area (Å²) in [6.45, 7) is 13.7. The van der Waals surface area contributed by atoms with E-state index in [0.29, 0.717) is 6.54 Å². The Morgan fingerprint density at radius 3 is 2.50 bits per heavy atom. The number of guanidine groups is 1. The summed E-state index contributed by atoms with van der Waals surface area (Å²) in [5.74, 6) is 1.89. The van der Waals surface area contributed by atoms with E-state index in [-0.39, 0.29) is 29.4 Å². The molecule has 3 rings (SSSR count). The van der Waals surface area contributed by atoms with Crippen LogP contribution in [-0.2, 0) is 12.0 Å². The van der Waals surface area contributed by atoms with Crippen LogP contribution in [0.25, 0.3) is 0 Å². The Labute approximate surface area is 202 Å². The van der Waals surface area contributed by atoms with Gasteiger partial charge in [0.2, 0.25) is 0 Å². The van der Waals surface area contributed by atoms with Crippen molar-refractivity contribution in [3.05, 3.63) is 46.3 Å². The van der Waals surface area contributed by atoms with E-state index >= 15 is 0 Å². The Kier molecular flexibility index (Phi) is 9.83. The van der Waals surface area contributed by atoms with Crippen molar-refractivity contribution in [3.63, 3.8) is 0 Å². The molecule has 2 aromatic rings. The minimum atomic E-state index is 0. The van der Waals surface area contributed by atoms with Crippen molar-refractivity contribution in [3.8, 4) is 0 Å². The molecule has 0 atom stereocenters. The molecule has 0 aliphatic carbocycles. The van der Waals surface area contributed by atoms with Crippen LogP contribution in [0, 0.1) is 0 Å². The molecule has 0 radical (unpaired) electrons. The van der Waals surface area contributed by atoms with Gasteiger partial charge in [0.1, 0.15) is 5.82 Å². The van der Waals surface area contributed by atoms with Crippen molar-refractivity contribution >= 4 is 47.1 Å². The number of rotatable bonds is 7. The molecule has 2 aromatic heterocycles. The van der Waals surface area contributed by atoms with Gasteiger partial charge in [-0.15, -0.1) is 35.3 Å². The smallest absolute Gasteiger partial charge is 0.191 e. The van der Waals surface area contributed by atoms with Crippen LogP contribution in [0.2, 0.25) is 0 Å². The zero-order valence-electron chi connectivity index (χ0n) is 18.5. The second kappa shape index (κ2) is 11.9. The molecule has 6 nitrogen and oxygen atoms in total. The third-order valence-corrected chi connectivity index (χ3v) is 6.76. The van der Waals surface area contributed by atoms with Gasteiger partial charge in [-0.25, -0.2) is 4.98 Å². The topological polar surface area (TPSA) is 55.8 Å². The summed E-state index contributed by atoms with van der Waals surface area (Å²) >= 11 is 1.80. The summed E-state index contributed by atoms with van der Waals surface area (Å²) in [5.41, 5.74) is 1.22. The predicted molar refractivity (Wildman–Crippen MR) is 140 cm³/mol. The number of halogens is 1. The second-order valence-electron chi connectivity index (χ2n) is 8.09. The van der Waals surface area contributed by atoms with E-state index in [1.807, 2.05) is 13.2 Å². The van der Waals surface area contributed by atoms with Crippen molar-refractivity contribution in [1.82, 2.24) is 20.5 Å². The Bertz CT molecular complexity index is 767. The van der Waals surface area contributed by atoms with E-state index in [0.717, 1.165) is 56.6 Å². The van der Waals surface area contributed by atoms with Gasteiger partial charge >= 0.3 is 0 Å². The molecule has 8 heteroatoms. The number of pyridine rings is 1. The van der Waals surface area contributed by atoms with Gasteiger partial charge in [0, 0.05) is 62.8 Å². The van der Waals surface area contributed by atoms with Crippen molar-refractivity contribution < 1.29 is 0 Å². The number of nitrogens with one attached hydrogen (secondary N) is 2. The maximum absolute atomic E-state index is 4.68. The number of hydrogen-bond donors (Lipinski definition) is 2. The first kappa shape index (κ1) is 24.9. The van der Waals surface area contributed by atoms with E-state index in [1.54, 1.807) is 11.3 Å². The van der Waals surface area contributed by atoms with E-state index in [4.69, 9.17) is 0 Å². The highest BCUT2D eigenvalue weighted by Crippen LogP contribution is 2.26. The molecule has 1 aliphatic heterocycles. The molecule has 0 aromatic carbocycles. The third-order valence-electron chi connectivity index (χ3n) is 5.52. The monoisotopic (exact) mass is 542 g/mol. The first-order valence-electron chi connectivity index (χ1n) is 10.4. The fourth-order valence-corrected chi connectivity index (χ4v) is 4.32. The molecule has 30 heavy (non-hydrogen) atoms. The molecule has 0 amide bonds. The van der Waals surface area contributed by atoms with Gasteiger partial charge < -0.3 is 20.4 Å². The molecule has 166 valence electrons. The van der Waals surface area contributed by atoms with Gasteiger partial charge in [0.25, 0.3) is 0 Å². The number of piperazine rings is 1. The lowest BCUT2D eigenvalue weighted by Gasteiger charge is -2.34. The van der Waals surface area contributed by atoms with Crippen LogP contribution in [0.5, 0.6) is 0 Å². The number of likely N-dealkylation sites (N-methyl/N-ethyl adjacent to an activating group) is 1. The lowest BCUT2D eigenvalue weighted by Crippen LogP contribution is -2.46. The highest BCUT2D eigenvalue weighted by molar-refractivity contribution is 14.0. The number of aliphatic imine (C=N–C) groups is 1. The molecule has 1 fully saturated rings. The second-order valence-corrected chi connectivity index (χ2v) is 9.03. The summed E-state index contributed by atoms with van der Waals surface area (Å²) in [7, 11) is 1.81. The maximum Gasteiger partial charge on any atom is 0.191 e. The van der Waals surface area contributed by atoms with E-state index in [2.05, 4.69) is 80.8 Å². The summed E-state index contributed by atoms with van der Waals surface area (Å²) in [4.78, 5) is 15.3. The van der Waals surface area contributed by atoms with Crippen molar-refractivity contribution in [2.75, 3.05) is 51.2 Å². The molecule has 3 heterocycles. The minimum absolute atomic E-state index is 0. The Morgan fingerprint density at radius 2 is 1.93 bits per heavy atom. The molecule has 0 saturated carbocycles. The lowest BCUT2D eigenvalue weighted by molar-refractivity contribution is 0.270. The zero-order chi connectivity index (χ0) is 20.7. The van der Waals surface area contributed by atoms with Crippen LogP contribution in [-0.4, -0.2) is 62.2 Å². The first-order chi connectivity index (χ1) is 14.0. The van der Waals surface area contributed by atoms with Crippen molar-refractivity contribution in [2.45, 2.75) is 32.7 Å². The molecular weight excluding hydrogens is 507 g/mol. The Hall–Kier alpha value is -1.39. The predicted octanol–water partition coefficient (Wildman–Crippen LogP) is 3.55. The van der Waals surface area contributed by atoms with E-state index in [1.165, 1.54) is 4.88 Å². The van der Waals surface area contributed by atoms with Gasteiger partial charge in [-0.2, -0.15) is 0 Å². The lowest BCUT2D eigenvalue weighted by atomic mass is 9.91. The van der Waals surface area contributed by atoms with Crippen LogP contribution in [0.1, 0.15) is 31.2 Å². The van der Waals surface area contributed by atoms with Crippen LogP contribution in [0.15, 0.2) is 40.8 Å². The minimum Gasteiger partial charge on any atom is -0.356 e. The molecule has 0 unspecified atom stereocenters. The molecule has 0 bridgehead atoms. The Morgan fingerprint density at radius 1 is 1.17 bits per heavy atom. The normalized spacial score (nSPS) is 15.6. The van der Waals surface area contributed by atoms with Crippen LogP contribution >= 0.6 is 35.3 Å². The molecule has 1 aliphatic rings. The number of anilines is 1. The summed E-state index contributed by atoms with van der Waals surface area (Å²) < 4.78 is 0. The van der Waals surface area contributed by atoms with Crippen LogP contribution < -0.4 is 15.5 Å². The maximum atomic E-state index is 4.68. The fraction of sp³-hybridized carbons (Fsp3) is 0.545. The zero-order valence-corrected chi connectivity index (χ0v) is 21.7. The average Bonchev–Trinajstić information content (AvgIpc) is 3.30. The standard InChI is InChI=1S/C22H34N6S.HI/c1-5-27-10-12-28(13-11-27)20-9-8-18(15-24-20)16-25-21(23-4)26-17-22(2,3)19-7-6-14-29-19;/h6-9,14-15H,5,10-13,16-17H2,1-4H3,(H2,23,25,26);1H. The molecular formula is C22H35IN6S. The highest BCUT2D eigenvalue weighted by atomic mass is 127. The number of hydrogen-bond acceptors (Lipinski definition) is 5. The molecule has 1 saturated heterocycles. The SMILES string of the molecule is CCN1CCN(c2ccc(CNC(=NC)NCC(C)(C)c3cccs3)cn2)CC1.I. The number of nitrogens with zero attached hydrogens (tertiary/aromatic N) is 4. The van der Waals surface area contributed by atoms with Gasteiger partial charge in [-0.05, 0) is 29.6 Å². The quantitative estimate of drug-likeness (QED) is 0.319. The molecule has 0 spiro atoms. The van der Waals surface area contributed by atoms with Crippen molar-refractivity contribution in [2.24, 2.45) is 4.99 Å². The van der Waals surface area contributed by atoms with Gasteiger partial charge in [0.05, 0.1) is 0 Å². The first-order valence-corrected chi connectivity index (χ1v) is 11.3. The summed E-state index contributed by atoms with van der Waals surface area (Å²) in [6.07, 6.45) is 1.97. The van der Waals surface area contributed by atoms with Gasteiger partial charge in [0.15, 0.2) is 5.96 Å². The number of thiophene rings is 1. The highest BCUT2D eigenvalue weighted by Gasteiger charge is 2.22. The van der Waals surface area contributed by atoms with E-state index in [9.17, 15) is 0 Å². The molecule has 2 N–H and O–H groups in total.